The molecule has 2 aromatic carbocycles. The van der Waals surface area contributed by atoms with Gasteiger partial charge < -0.3 is 14.8 Å². The third-order valence-corrected chi connectivity index (χ3v) is 8.68. The van der Waals surface area contributed by atoms with E-state index in [0.717, 1.165) is 62.4 Å². The van der Waals surface area contributed by atoms with Gasteiger partial charge in [0.2, 0.25) is 0 Å². The van der Waals surface area contributed by atoms with Gasteiger partial charge in [0.25, 0.3) is 5.91 Å². The van der Waals surface area contributed by atoms with Crippen LogP contribution in [0.25, 0.3) is 11.0 Å². The van der Waals surface area contributed by atoms with Gasteiger partial charge in [0.15, 0.2) is 0 Å². The fraction of sp³-hybridized carbons (Fsp3) is 0.379. The number of nitrogens with one attached hydrogen (secondary N) is 1. The van der Waals surface area contributed by atoms with Crippen LogP contribution in [-0.2, 0) is 0 Å². The number of thiophene rings is 1. The van der Waals surface area contributed by atoms with Gasteiger partial charge in [-0.2, -0.15) is 11.3 Å². The Morgan fingerprint density at radius 2 is 1.89 bits per heavy atom. The summed E-state index contributed by atoms with van der Waals surface area (Å²) >= 11 is 1.73. The lowest BCUT2D eigenvalue weighted by molar-refractivity contribution is 0.0783. The summed E-state index contributed by atoms with van der Waals surface area (Å²) in [7, 11) is 0. The highest BCUT2D eigenvalue weighted by Crippen LogP contribution is 2.37. The molecule has 5 nitrogen and oxygen atoms in total. The first-order valence-corrected chi connectivity index (χ1v) is 13.7. The van der Waals surface area contributed by atoms with E-state index in [0.29, 0.717) is 23.3 Å². The Labute approximate surface area is 215 Å². The molecule has 1 N–H and O–H groups in total. The number of benzene rings is 2. The predicted octanol–water partition coefficient (Wildman–Crippen LogP) is 5.81. The monoisotopic (exact) mass is 502 g/mol. The molecule has 0 saturated carbocycles. The van der Waals surface area contributed by atoms with Crippen LogP contribution < -0.4 is 0 Å². The van der Waals surface area contributed by atoms with Crippen molar-refractivity contribution in [3.8, 4) is 0 Å². The van der Waals surface area contributed by atoms with Crippen LogP contribution in [-0.4, -0.2) is 58.4 Å². The Morgan fingerprint density at radius 1 is 1.08 bits per heavy atom. The SMILES string of the molecule is Cc1nc2c(C(=O)N3C[C@@H](CN4CCC(c5ccc(F)cc5)CC4)[C@H](c4ccsc4)C3)cccc2[nH]1. The van der Waals surface area contributed by atoms with Crippen LogP contribution in [0.15, 0.2) is 59.3 Å². The summed E-state index contributed by atoms with van der Waals surface area (Å²) in [6, 6.07) is 15.0. The number of rotatable bonds is 5. The Balaban J connectivity index is 1.17. The highest BCUT2D eigenvalue weighted by atomic mass is 32.1. The van der Waals surface area contributed by atoms with Gasteiger partial charge in [0.1, 0.15) is 17.2 Å². The lowest BCUT2D eigenvalue weighted by Gasteiger charge is -2.34. The van der Waals surface area contributed by atoms with E-state index in [9.17, 15) is 9.18 Å². The minimum Gasteiger partial charge on any atom is -0.342 e. The van der Waals surface area contributed by atoms with Crippen LogP contribution in [0.5, 0.6) is 0 Å². The van der Waals surface area contributed by atoms with E-state index in [2.05, 4.69) is 31.7 Å². The maximum Gasteiger partial charge on any atom is 0.256 e. The molecule has 2 fully saturated rings. The Hall–Kier alpha value is -3.03. The van der Waals surface area contributed by atoms with Gasteiger partial charge in [-0.25, -0.2) is 9.37 Å². The number of H-pyrrole nitrogens is 1. The van der Waals surface area contributed by atoms with Gasteiger partial charge in [-0.15, -0.1) is 0 Å². The van der Waals surface area contributed by atoms with E-state index < -0.39 is 0 Å². The third-order valence-electron chi connectivity index (χ3n) is 7.98. The van der Waals surface area contributed by atoms with Crippen LogP contribution in [0.2, 0.25) is 0 Å². The molecule has 2 aromatic heterocycles. The summed E-state index contributed by atoms with van der Waals surface area (Å²) in [6.07, 6.45) is 2.18. The van der Waals surface area contributed by atoms with E-state index in [4.69, 9.17) is 0 Å². The first-order valence-electron chi connectivity index (χ1n) is 12.8. The molecule has 2 atom stereocenters. The maximum atomic E-state index is 13.7. The van der Waals surface area contributed by atoms with E-state index in [1.54, 1.807) is 23.5 Å². The van der Waals surface area contributed by atoms with Crippen molar-refractivity contribution in [2.24, 2.45) is 5.92 Å². The van der Waals surface area contributed by atoms with Crippen LogP contribution >= 0.6 is 11.3 Å². The predicted molar refractivity (Wildman–Crippen MR) is 142 cm³/mol. The number of para-hydroxylation sites is 1. The number of aromatic amines is 1. The van der Waals surface area contributed by atoms with Crippen LogP contribution in [0, 0.1) is 18.7 Å². The number of halogens is 1. The highest BCUT2D eigenvalue weighted by molar-refractivity contribution is 7.08. The van der Waals surface area contributed by atoms with Crippen LogP contribution in [0.3, 0.4) is 0 Å². The van der Waals surface area contributed by atoms with Crippen molar-refractivity contribution >= 4 is 28.3 Å². The zero-order chi connectivity index (χ0) is 24.6. The first-order chi connectivity index (χ1) is 17.5. The van der Waals surface area contributed by atoms with Crippen molar-refractivity contribution in [1.82, 2.24) is 19.8 Å². The van der Waals surface area contributed by atoms with Crippen LogP contribution in [0.4, 0.5) is 4.39 Å². The molecule has 0 bridgehead atoms. The second-order valence-electron chi connectivity index (χ2n) is 10.3. The average molecular weight is 503 g/mol. The van der Waals surface area contributed by atoms with E-state index in [1.165, 1.54) is 11.1 Å². The molecular formula is C29H31FN4OS. The number of fused-ring (bicyclic) bond motifs is 1. The highest BCUT2D eigenvalue weighted by Gasteiger charge is 2.38. The van der Waals surface area contributed by atoms with Crippen molar-refractivity contribution in [3.63, 3.8) is 0 Å². The van der Waals surface area contributed by atoms with Crippen molar-refractivity contribution in [2.45, 2.75) is 31.6 Å². The molecule has 0 unspecified atom stereocenters. The van der Waals surface area contributed by atoms with Crippen molar-refractivity contribution in [2.75, 3.05) is 32.7 Å². The molecule has 0 radical (unpaired) electrons. The zero-order valence-corrected chi connectivity index (χ0v) is 21.3. The topological polar surface area (TPSA) is 52.2 Å². The molecular weight excluding hydrogens is 471 g/mol. The smallest absolute Gasteiger partial charge is 0.256 e. The Kier molecular flexibility index (Phi) is 6.36. The summed E-state index contributed by atoms with van der Waals surface area (Å²) < 4.78 is 13.3. The molecule has 2 aliphatic rings. The molecule has 4 heterocycles. The molecule has 6 rings (SSSR count). The number of hydrogen-bond donors (Lipinski definition) is 1. The number of imidazole rings is 1. The number of amides is 1. The fourth-order valence-electron chi connectivity index (χ4n) is 6.10. The Morgan fingerprint density at radius 3 is 2.64 bits per heavy atom. The molecule has 7 heteroatoms. The third kappa shape index (κ3) is 4.58. The molecule has 36 heavy (non-hydrogen) atoms. The van der Waals surface area contributed by atoms with Crippen molar-refractivity contribution < 1.29 is 9.18 Å². The molecule has 186 valence electrons. The number of hydrogen-bond acceptors (Lipinski definition) is 4. The van der Waals surface area contributed by atoms with Crippen molar-refractivity contribution in [3.05, 3.63) is 87.6 Å². The fourth-order valence-corrected chi connectivity index (χ4v) is 6.82. The number of likely N-dealkylation sites (tertiary alicyclic amines) is 2. The summed E-state index contributed by atoms with van der Waals surface area (Å²) in [5.41, 5.74) is 4.94. The largest absolute Gasteiger partial charge is 0.342 e. The van der Waals surface area contributed by atoms with E-state index in [1.807, 2.05) is 42.2 Å². The minimum absolute atomic E-state index is 0.0739. The lowest BCUT2D eigenvalue weighted by atomic mass is 9.87. The molecule has 4 aromatic rings. The summed E-state index contributed by atoms with van der Waals surface area (Å²) in [5.74, 6) is 1.96. The Bertz CT molecular complexity index is 1340. The second kappa shape index (κ2) is 9.79. The van der Waals surface area contributed by atoms with Gasteiger partial charge >= 0.3 is 0 Å². The number of aryl methyl sites for hydroxylation is 1. The number of carbonyl (C=O) groups is 1. The summed E-state index contributed by atoms with van der Waals surface area (Å²) in [4.78, 5) is 26.1. The normalized spacial score (nSPS) is 21.4. The number of piperidine rings is 1. The van der Waals surface area contributed by atoms with Crippen molar-refractivity contribution in [1.29, 1.82) is 0 Å². The van der Waals surface area contributed by atoms with Gasteiger partial charge in [0.05, 0.1) is 11.1 Å². The number of aromatic nitrogens is 2. The molecule has 0 aliphatic carbocycles. The van der Waals surface area contributed by atoms with Gasteiger partial charge in [-0.3, -0.25) is 4.79 Å². The van der Waals surface area contributed by atoms with E-state index in [-0.39, 0.29) is 11.7 Å². The minimum atomic E-state index is -0.172. The van der Waals surface area contributed by atoms with Gasteiger partial charge in [0, 0.05) is 25.6 Å². The molecule has 2 aliphatic heterocycles. The number of carbonyl (C=O) groups excluding carboxylic acids is 1. The molecule has 1 amide bonds. The standard InChI is InChI=1S/C29H31FN4OS/c1-19-31-27-4-2-3-25(28(27)32-19)29(35)34-16-23(26(17-34)22-11-14-36-18-22)15-33-12-9-21(10-13-33)20-5-7-24(30)8-6-20/h2-8,11,14,18,21,23,26H,9-10,12-13,15-17H2,1H3,(H,31,32)/t23-,26+/m1/s1. The average Bonchev–Trinajstić information content (AvgIpc) is 3.63. The quantitative estimate of drug-likeness (QED) is 0.375. The zero-order valence-electron chi connectivity index (χ0n) is 20.5. The van der Waals surface area contributed by atoms with Gasteiger partial charge in [-0.1, -0.05) is 18.2 Å². The summed E-state index contributed by atoms with van der Waals surface area (Å²) in [5, 5.41) is 4.38. The molecule has 0 spiro atoms. The molecule has 2 saturated heterocycles. The lowest BCUT2D eigenvalue weighted by Crippen LogP contribution is -2.38. The maximum absolute atomic E-state index is 13.7. The summed E-state index contributed by atoms with van der Waals surface area (Å²) in [6.45, 7) is 6.49. The first kappa shape index (κ1) is 23.4. The van der Waals surface area contributed by atoms with E-state index >= 15 is 0 Å². The van der Waals surface area contributed by atoms with Gasteiger partial charge in [-0.05, 0) is 96.9 Å². The second-order valence-corrected chi connectivity index (χ2v) is 11.1. The van der Waals surface area contributed by atoms with Crippen LogP contribution in [0.1, 0.15) is 52.0 Å². The number of nitrogens with zero attached hydrogens (tertiary/aromatic N) is 3.